The van der Waals surface area contributed by atoms with Gasteiger partial charge in [0.25, 0.3) is 11.8 Å². The maximum atomic E-state index is 13.2. The summed E-state index contributed by atoms with van der Waals surface area (Å²) in [6.45, 7) is 3.63. The van der Waals surface area contributed by atoms with Crippen molar-refractivity contribution in [2.24, 2.45) is 0 Å². The van der Waals surface area contributed by atoms with Crippen molar-refractivity contribution in [3.63, 3.8) is 0 Å². The van der Waals surface area contributed by atoms with Gasteiger partial charge in [0.15, 0.2) is 5.54 Å². The lowest BCUT2D eigenvalue weighted by Crippen LogP contribution is -2.52. The smallest absolute Gasteiger partial charge is 0.322 e. The van der Waals surface area contributed by atoms with E-state index in [4.69, 9.17) is 9.47 Å². The van der Waals surface area contributed by atoms with E-state index in [-0.39, 0.29) is 12.5 Å². The Balaban J connectivity index is 1.44. The molecule has 1 fully saturated rings. The minimum absolute atomic E-state index is 0.0627. The summed E-state index contributed by atoms with van der Waals surface area (Å²) in [5.74, 6) is 0.00231. The van der Waals surface area contributed by atoms with Gasteiger partial charge >= 0.3 is 6.03 Å². The Kier molecular flexibility index (Phi) is 5.59. The van der Waals surface area contributed by atoms with Crippen LogP contribution in [0.4, 0.5) is 4.79 Å². The first-order valence-electron chi connectivity index (χ1n) is 10.9. The molecule has 0 aliphatic carbocycles. The highest BCUT2D eigenvalue weighted by Crippen LogP contribution is 2.38. The van der Waals surface area contributed by atoms with Gasteiger partial charge in [-0.2, -0.15) is 0 Å². The van der Waals surface area contributed by atoms with E-state index < -0.39 is 17.5 Å². The van der Waals surface area contributed by atoms with Crippen LogP contribution in [0.5, 0.6) is 5.75 Å². The van der Waals surface area contributed by atoms with Crippen molar-refractivity contribution in [3.8, 4) is 5.75 Å². The van der Waals surface area contributed by atoms with Crippen molar-refractivity contribution >= 4 is 29.2 Å². The molecule has 2 aromatic rings. The minimum atomic E-state index is -1.31. The average Bonchev–Trinajstić information content (AvgIpc) is 3.46. The summed E-state index contributed by atoms with van der Waals surface area (Å²) in [5.41, 5.74) is 1.29. The van der Waals surface area contributed by atoms with E-state index in [1.165, 1.54) is 4.88 Å². The van der Waals surface area contributed by atoms with Gasteiger partial charge in [0.1, 0.15) is 5.75 Å². The summed E-state index contributed by atoms with van der Waals surface area (Å²) in [7, 11) is 3.25. The number of amides is 4. The van der Waals surface area contributed by atoms with Crippen LogP contribution in [0.3, 0.4) is 0 Å². The average molecular weight is 471 g/mol. The Labute approximate surface area is 195 Å². The second kappa shape index (κ2) is 8.44. The van der Waals surface area contributed by atoms with Gasteiger partial charge in [-0.1, -0.05) is 6.07 Å². The summed E-state index contributed by atoms with van der Waals surface area (Å²) in [4.78, 5) is 44.4. The van der Waals surface area contributed by atoms with Crippen LogP contribution in [0.1, 0.15) is 31.2 Å². The van der Waals surface area contributed by atoms with Crippen molar-refractivity contribution in [2.45, 2.75) is 25.0 Å². The van der Waals surface area contributed by atoms with Gasteiger partial charge in [-0.25, -0.2) is 4.79 Å². The molecular formula is C23H26N4O5S. The van der Waals surface area contributed by atoms with Crippen molar-refractivity contribution in [1.82, 2.24) is 20.4 Å². The number of carbonyl (C=O) groups excluding carboxylic acids is 3. The first kappa shape index (κ1) is 21.9. The topological polar surface area (TPSA) is 100 Å². The molecule has 4 heterocycles. The van der Waals surface area contributed by atoms with Crippen LogP contribution in [-0.4, -0.2) is 68.1 Å². The van der Waals surface area contributed by atoms with Gasteiger partial charge in [0, 0.05) is 48.6 Å². The highest BCUT2D eigenvalue weighted by molar-refractivity contribution is 7.12. The molecule has 9 nitrogen and oxygen atoms in total. The van der Waals surface area contributed by atoms with Crippen molar-refractivity contribution in [3.05, 3.63) is 50.7 Å². The summed E-state index contributed by atoms with van der Waals surface area (Å²) in [5, 5.41) is 5.23. The number of carbonyl (C=O) groups is 3. The van der Waals surface area contributed by atoms with Crippen molar-refractivity contribution in [2.75, 3.05) is 40.5 Å². The third-order valence-corrected chi connectivity index (χ3v) is 7.94. The Morgan fingerprint density at radius 3 is 2.70 bits per heavy atom. The quantitative estimate of drug-likeness (QED) is 0.595. The molecule has 1 aromatic carbocycles. The van der Waals surface area contributed by atoms with Gasteiger partial charge in [-0.15, -0.1) is 11.3 Å². The van der Waals surface area contributed by atoms with Gasteiger partial charge in [0.2, 0.25) is 0 Å². The van der Waals surface area contributed by atoms with E-state index >= 15 is 0 Å². The highest BCUT2D eigenvalue weighted by atomic mass is 32.1. The third kappa shape index (κ3) is 3.77. The molecule has 10 heteroatoms. The fourth-order valence-electron chi connectivity index (χ4n) is 4.75. The van der Waals surface area contributed by atoms with Crippen LogP contribution >= 0.6 is 11.3 Å². The van der Waals surface area contributed by atoms with Crippen LogP contribution in [-0.2, 0) is 34.6 Å². The highest BCUT2D eigenvalue weighted by Gasteiger charge is 2.51. The molecule has 3 aliphatic rings. The van der Waals surface area contributed by atoms with Crippen LogP contribution in [0.25, 0.3) is 0 Å². The fraction of sp³-hybridized carbons (Fsp3) is 0.435. The summed E-state index contributed by atoms with van der Waals surface area (Å²) < 4.78 is 10.5. The number of methoxy groups -OCH3 is 2. The second-order valence-electron chi connectivity index (χ2n) is 8.58. The van der Waals surface area contributed by atoms with E-state index in [2.05, 4.69) is 15.5 Å². The summed E-state index contributed by atoms with van der Waals surface area (Å²) in [6, 6.07) is 6.87. The van der Waals surface area contributed by atoms with Crippen LogP contribution in [0, 0.1) is 0 Å². The molecule has 0 spiro atoms. The standard InChI is InChI=1S/C23H26N4O5S/c1-31-8-7-26-6-5-18-15(11-26)9-19(33-18)23(21(29)24-22(30)25-23)13-27-12-14-3-4-16(32-2)10-17(14)20(27)28/h3-4,9-10H,5-8,11-13H2,1-2H3,(H2,24,25,29,30)/t23-/m0/s1. The van der Waals surface area contributed by atoms with Gasteiger partial charge < -0.3 is 19.7 Å². The number of ether oxygens (including phenoxy) is 2. The van der Waals surface area contributed by atoms with Crippen molar-refractivity contribution < 1.29 is 23.9 Å². The van der Waals surface area contributed by atoms with E-state index in [1.807, 2.05) is 18.2 Å². The fourth-order valence-corrected chi connectivity index (χ4v) is 6.05. The SMILES string of the molecule is COCCN1CCc2sc([C@]3(CN4Cc5ccc(OC)cc5C4=O)NC(=O)NC3=O)cc2C1. The lowest BCUT2D eigenvalue weighted by atomic mass is 9.95. The zero-order valence-corrected chi connectivity index (χ0v) is 19.4. The molecule has 1 aromatic heterocycles. The van der Waals surface area contributed by atoms with E-state index in [0.717, 1.165) is 42.1 Å². The molecule has 1 saturated heterocycles. The van der Waals surface area contributed by atoms with Crippen LogP contribution < -0.4 is 15.4 Å². The normalized spacial score (nSPS) is 22.2. The number of benzene rings is 1. The van der Waals surface area contributed by atoms with Gasteiger partial charge in [0.05, 0.1) is 20.3 Å². The number of fused-ring (bicyclic) bond motifs is 2. The lowest BCUT2D eigenvalue weighted by Gasteiger charge is -2.30. The molecule has 0 unspecified atom stereocenters. The zero-order valence-electron chi connectivity index (χ0n) is 18.6. The number of urea groups is 1. The molecule has 3 aliphatic heterocycles. The number of imide groups is 1. The van der Waals surface area contributed by atoms with Crippen LogP contribution in [0.2, 0.25) is 0 Å². The zero-order chi connectivity index (χ0) is 23.2. The molecule has 0 saturated carbocycles. The molecule has 33 heavy (non-hydrogen) atoms. The monoisotopic (exact) mass is 470 g/mol. The summed E-state index contributed by atoms with van der Waals surface area (Å²) in [6.07, 6.45) is 0.878. The predicted octanol–water partition coefficient (Wildman–Crippen LogP) is 1.45. The number of rotatable bonds is 7. The second-order valence-corrected chi connectivity index (χ2v) is 9.71. The number of hydrogen-bond donors (Lipinski definition) is 2. The van der Waals surface area contributed by atoms with Gasteiger partial charge in [-0.05, 0) is 35.7 Å². The molecule has 0 bridgehead atoms. The van der Waals surface area contributed by atoms with Crippen LogP contribution in [0.15, 0.2) is 24.3 Å². The minimum Gasteiger partial charge on any atom is -0.497 e. The predicted molar refractivity (Wildman–Crippen MR) is 121 cm³/mol. The Hall–Kier alpha value is -2.95. The molecular weight excluding hydrogens is 444 g/mol. The first-order valence-corrected chi connectivity index (χ1v) is 11.7. The lowest BCUT2D eigenvalue weighted by molar-refractivity contribution is -0.124. The number of thiophene rings is 1. The van der Waals surface area contributed by atoms with E-state index in [0.29, 0.717) is 24.5 Å². The Bertz CT molecular complexity index is 1130. The van der Waals surface area contributed by atoms with E-state index in [1.54, 1.807) is 36.5 Å². The van der Waals surface area contributed by atoms with Gasteiger partial charge in [-0.3, -0.25) is 19.8 Å². The maximum absolute atomic E-state index is 13.2. The van der Waals surface area contributed by atoms with Crippen molar-refractivity contribution in [1.29, 1.82) is 0 Å². The Morgan fingerprint density at radius 1 is 1.12 bits per heavy atom. The molecule has 1 atom stereocenters. The first-order chi connectivity index (χ1) is 15.9. The molecule has 4 amide bonds. The van der Waals surface area contributed by atoms with E-state index in [9.17, 15) is 14.4 Å². The number of nitrogens with zero attached hydrogens (tertiary/aromatic N) is 2. The molecule has 174 valence electrons. The summed E-state index contributed by atoms with van der Waals surface area (Å²) >= 11 is 1.55. The molecule has 2 N–H and O–H groups in total. The largest absolute Gasteiger partial charge is 0.497 e. The maximum Gasteiger partial charge on any atom is 0.322 e. The molecule has 5 rings (SSSR count). The number of nitrogens with one attached hydrogen (secondary N) is 2. The third-order valence-electron chi connectivity index (χ3n) is 6.54. The molecule has 0 radical (unpaired) electrons. The Morgan fingerprint density at radius 2 is 1.97 bits per heavy atom. The number of hydrogen-bond acceptors (Lipinski definition) is 7.